The van der Waals surface area contributed by atoms with Crippen molar-refractivity contribution in [2.75, 3.05) is 13.2 Å². The maximum absolute atomic E-state index is 12.0. The standard InChI is InChI=1S/C10H11IO2S/c11-9-5-8(6-14-9)10(12)7-1-3-13-4-2-7/h5-7H,1-4H2. The fraction of sp³-hybridized carbons (Fsp3) is 0.500. The molecule has 1 saturated heterocycles. The Bertz CT molecular complexity index is 329. The lowest BCUT2D eigenvalue weighted by molar-refractivity contribution is 0.0545. The molecule has 0 N–H and O–H groups in total. The van der Waals surface area contributed by atoms with Crippen molar-refractivity contribution in [2.45, 2.75) is 12.8 Å². The number of ether oxygens (including phenoxy) is 1. The smallest absolute Gasteiger partial charge is 0.166 e. The van der Waals surface area contributed by atoms with E-state index in [1.807, 2.05) is 11.4 Å². The number of hydrogen-bond donors (Lipinski definition) is 0. The van der Waals surface area contributed by atoms with Gasteiger partial charge in [0.15, 0.2) is 5.78 Å². The molecule has 1 aliphatic rings. The molecule has 1 aliphatic heterocycles. The summed E-state index contributed by atoms with van der Waals surface area (Å²) in [5.74, 6) is 0.488. The summed E-state index contributed by atoms with van der Waals surface area (Å²) in [5, 5.41) is 1.96. The van der Waals surface area contributed by atoms with E-state index < -0.39 is 0 Å². The molecule has 0 radical (unpaired) electrons. The summed E-state index contributed by atoms with van der Waals surface area (Å²) in [5.41, 5.74) is 0.881. The van der Waals surface area contributed by atoms with Gasteiger partial charge in [-0.1, -0.05) is 0 Å². The number of carbonyl (C=O) groups is 1. The van der Waals surface area contributed by atoms with E-state index in [2.05, 4.69) is 22.6 Å². The van der Waals surface area contributed by atoms with Gasteiger partial charge in [0.25, 0.3) is 0 Å². The molecule has 0 bridgehead atoms. The first-order valence-corrected chi connectivity index (χ1v) is 6.59. The second kappa shape index (κ2) is 4.72. The Balaban J connectivity index is 2.07. The predicted octanol–water partition coefficient (Wildman–Crippen LogP) is 2.96. The molecule has 0 saturated carbocycles. The molecule has 0 atom stereocenters. The molecule has 76 valence electrons. The van der Waals surface area contributed by atoms with Gasteiger partial charge in [-0.15, -0.1) is 11.3 Å². The highest BCUT2D eigenvalue weighted by Gasteiger charge is 2.23. The molecule has 0 unspecified atom stereocenters. The Labute approximate surface area is 101 Å². The molecule has 1 aromatic rings. The van der Waals surface area contributed by atoms with Crippen LogP contribution >= 0.6 is 33.9 Å². The van der Waals surface area contributed by atoms with Crippen LogP contribution in [0.15, 0.2) is 11.4 Å². The Hall–Kier alpha value is 0.0600. The van der Waals surface area contributed by atoms with Crippen molar-refractivity contribution in [3.05, 3.63) is 19.9 Å². The molecule has 1 aromatic heterocycles. The number of Topliss-reactive ketones (excluding diaryl/α,β-unsaturated/α-hetero) is 1. The zero-order valence-electron chi connectivity index (χ0n) is 7.66. The van der Waals surface area contributed by atoms with Gasteiger partial charge in [0.1, 0.15) is 0 Å². The second-order valence-electron chi connectivity index (χ2n) is 3.39. The monoisotopic (exact) mass is 322 g/mol. The van der Waals surface area contributed by atoms with E-state index in [0.29, 0.717) is 5.78 Å². The lowest BCUT2D eigenvalue weighted by atomic mass is 9.92. The maximum atomic E-state index is 12.0. The summed E-state index contributed by atoms with van der Waals surface area (Å²) < 4.78 is 6.42. The van der Waals surface area contributed by atoms with Crippen molar-refractivity contribution in [3.63, 3.8) is 0 Å². The fourth-order valence-corrected chi connectivity index (χ4v) is 2.97. The van der Waals surface area contributed by atoms with Crippen LogP contribution in [0.5, 0.6) is 0 Å². The molecule has 2 rings (SSSR count). The molecule has 0 amide bonds. The van der Waals surface area contributed by atoms with Crippen LogP contribution in [-0.4, -0.2) is 19.0 Å². The molecule has 0 aliphatic carbocycles. The van der Waals surface area contributed by atoms with Gasteiger partial charge in [-0.25, -0.2) is 0 Å². The molecule has 4 heteroatoms. The first-order chi connectivity index (χ1) is 6.77. The second-order valence-corrected chi connectivity index (χ2v) is 6.20. The minimum atomic E-state index is 0.189. The molecule has 2 nitrogen and oxygen atoms in total. The third-order valence-corrected chi connectivity index (χ3v) is 4.23. The number of hydrogen-bond acceptors (Lipinski definition) is 3. The lowest BCUT2D eigenvalue weighted by Crippen LogP contribution is -2.23. The van der Waals surface area contributed by atoms with E-state index in [-0.39, 0.29) is 5.92 Å². The van der Waals surface area contributed by atoms with Gasteiger partial charge in [-0.2, -0.15) is 0 Å². The highest BCUT2D eigenvalue weighted by atomic mass is 127. The minimum Gasteiger partial charge on any atom is -0.381 e. The van der Waals surface area contributed by atoms with Gasteiger partial charge in [0.2, 0.25) is 0 Å². The van der Waals surface area contributed by atoms with Crippen molar-refractivity contribution in [3.8, 4) is 0 Å². The Kier molecular flexibility index (Phi) is 3.57. The number of rotatable bonds is 2. The van der Waals surface area contributed by atoms with Gasteiger partial charge >= 0.3 is 0 Å². The van der Waals surface area contributed by atoms with Crippen LogP contribution in [-0.2, 0) is 4.74 Å². The SMILES string of the molecule is O=C(c1csc(I)c1)C1CCOCC1. The van der Waals surface area contributed by atoms with Crippen molar-refractivity contribution >= 4 is 39.7 Å². The van der Waals surface area contributed by atoms with Crippen molar-refractivity contribution < 1.29 is 9.53 Å². The Morgan fingerprint density at radius 3 is 2.79 bits per heavy atom. The quantitative estimate of drug-likeness (QED) is 0.618. The van der Waals surface area contributed by atoms with Crippen LogP contribution in [0.4, 0.5) is 0 Å². The van der Waals surface area contributed by atoms with E-state index in [4.69, 9.17) is 4.74 Å². The third kappa shape index (κ3) is 2.35. The van der Waals surface area contributed by atoms with E-state index in [9.17, 15) is 4.79 Å². The van der Waals surface area contributed by atoms with Crippen molar-refractivity contribution in [1.29, 1.82) is 0 Å². The summed E-state index contributed by atoms with van der Waals surface area (Å²) in [6.07, 6.45) is 1.76. The molecule has 0 spiro atoms. The van der Waals surface area contributed by atoms with Crippen LogP contribution in [0, 0.1) is 8.80 Å². The fourth-order valence-electron chi connectivity index (χ4n) is 1.63. The molecule has 1 fully saturated rings. The average Bonchev–Trinajstić information content (AvgIpc) is 2.65. The number of halogens is 1. The zero-order chi connectivity index (χ0) is 9.97. The van der Waals surface area contributed by atoms with Crippen LogP contribution in [0.2, 0.25) is 0 Å². The topological polar surface area (TPSA) is 26.3 Å². The third-order valence-electron chi connectivity index (χ3n) is 2.44. The first-order valence-electron chi connectivity index (χ1n) is 4.63. The van der Waals surface area contributed by atoms with E-state index >= 15 is 0 Å². The Morgan fingerprint density at radius 2 is 2.21 bits per heavy atom. The zero-order valence-corrected chi connectivity index (χ0v) is 10.6. The summed E-state index contributed by atoms with van der Waals surface area (Å²) >= 11 is 3.88. The van der Waals surface area contributed by atoms with Crippen molar-refractivity contribution in [2.24, 2.45) is 5.92 Å². The minimum absolute atomic E-state index is 0.189. The van der Waals surface area contributed by atoms with Gasteiger partial charge in [-0.3, -0.25) is 4.79 Å². The van der Waals surface area contributed by atoms with Crippen LogP contribution < -0.4 is 0 Å². The Morgan fingerprint density at radius 1 is 1.50 bits per heavy atom. The average molecular weight is 322 g/mol. The normalized spacial score (nSPS) is 18.4. The van der Waals surface area contributed by atoms with Crippen molar-refractivity contribution in [1.82, 2.24) is 0 Å². The predicted molar refractivity (Wildman–Crippen MR) is 64.9 cm³/mol. The largest absolute Gasteiger partial charge is 0.381 e. The maximum Gasteiger partial charge on any atom is 0.166 e. The lowest BCUT2D eigenvalue weighted by Gasteiger charge is -2.20. The summed E-state index contributed by atoms with van der Waals surface area (Å²) in [6, 6.07) is 1.98. The number of thiophene rings is 1. The van der Waals surface area contributed by atoms with Crippen LogP contribution in [0.3, 0.4) is 0 Å². The molecule has 2 heterocycles. The molecule has 14 heavy (non-hydrogen) atoms. The van der Waals surface area contributed by atoms with Crippen LogP contribution in [0.25, 0.3) is 0 Å². The summed E-state index contributed by atoms with van der Waals surface area (Å²) in [7, 11) is 0. The van der Waals surface area contributed by atoms with Gasteiger partial charge in [-0.05, 0) is 41.5 Å². The molecular formula is C10H11IO2S. The summed E-state index contributed by atoms with van der Waals surface area (Å²) in [6.45, 7) is 1.47. The van der Waals surface area contributed by atoms with E-state index in [1.165, 1.54) is 2.88 Å². The van der Waals surface area contributed by atoms with E-state index in [1.54, 1.807) is 11.3 Å². The highest BCUT2D eigenvalue weighted by molar-refractivity contribution is 14.1. The number of ketones is 1. The van der Waals surface area contributed by atoms with Gasteiger partial charge in [0, 0.05) is 30.1 Å². The molecular weight excluding hydrogens is 311 g/mol. The summed E-state index contributed by atoms with van der Waals surface area (Å²) in [4.78, 5) is 12.0. The first kappa shape index (κ1) is 10.6. The van der Waals surface area contributed by atoms with Crippen LogP contribution in [0.1, 0.15) is 23.2 Å². The number of carbonyl (C=O) groups excluding carboxylic acids is 1. The van der Waals surface area contributed by atoms with Gasteiger partial charge in [0.05, 0.1) is 2.88 Å². The highest BCUT2D eigenvalue weighted by Crippen LogP contribution is 2.24. The molecule has 0 aromatic carbocycles. The van der Waals surface area contributed by atoms with Gasteiger partial charge < -0.3 is 4.74 Å². The van der Waals surface area contributed by atoms with E-state index in [0.717, 1.165) is 31.6 Å².